The Labute approximate surface area is 246 Å². The monoisotopic (exact) mass is 566 g/mol. The highest BCUT2D eigenvalue weighted by molar-refractivity contribution is 5.99. The number of fused-ring (bicyclic) bond motifs is 1. The Morgan fingerprint density at radius 1 is 1.07 bits per heavy atom. The molecule has 10 nitrogen and oxygen atoms in total. The lowest BCUT2D eigenvalue weighted by Gasteiger charge is -2.30. The predicted octanol–water partition coefficient (Wildman–Crippen LogP) is 4.79. The van der Waals surface area contributed by atoms with Crippen LogP contribution in [0, 0.1) is 0 Å². The number of carbonyl (C=O) groups is 2. The molecule has 1 aliphatic carbocycles. The van der Waals surface area contributed by atoms with E-state index in [1.54, 1.807) is 18.2 Å². The first-order valence-electron chi connectivity index (χ1n) is 14.5. The average Bonchev–Trinajstić information content (AvgIpc) is 3.41. The number of hydrogen-bond acceptors (Lipinski definition) is 7. The van der Waals surface area contributed by atoms with Gasteiger partial charge >= 0.3 is 0 Å². The number of nitrogens with one attached hydrogen (secondary N) is 4. The van der Waals surface area contributed by atoms with Gasteiger partial charge in [-0.1, -0.05) is 31.2 Å². The van der Waals surface area contributed by atoms with Crippen LogP contribution in [0.3, 0.4) is 0 Å². The molecule has 3 aromatic heterocycles. The topological polar surface area (TPSA) is 128 Å². The van der Waals surface area contributed by atoms with Crippen LogP contribution in [-0.4, -0.2) is 69.4 Å². The normalized spacial score (nSPS) is 17.0. The van der Waals surface area contributed by atoms with Crippen LogP contribution in [0.4, 0.5) is 11.6 Å². The zero-order chi connectivity index (χ0) is 29.5. The van der Waals surface area contributed by atoms with Crippen molar-refractivity contribution in [3.05, 3.63) is 78.4 Å². The first-order chi connectivity index (χ1) is 20.4. The summed E-state index contributed by atoms with van der Waals surface area (Å²) in [6.45, 7) is 2.79. The third-order valence-electron chi connectivity index (χ3n) is 7.44. The van der Waals surface area contributed by atoms with Gasteiger partial charge in [-0.25, -0.2) is 15.0 Å². The maximum absolute atomic E-state index is 12.9. The molecule has 0 aliphatic heterocycles. The van der Waals surface area contributed by atoms with Crippen molar-refractivity contribution >= 4 is 34.4 Å². The molecule has 218 valence electrons. The highest BCUT2D eigenvalue weighted by atomic mass is 16.2. The van der Waals surface area contributed by atoms with Crippen molar-refractivity contribution in [2.24, 2.45) is 0 Å². The molecule has 0 saturated heterocycles. The second kappa shape index (κ2) is 13.4. The van der Waals surface area contributed by atoms with Gasteiger partial charge in [0, 0.05) is 53.6 Å². The largest absolute Gasteiger partial charge is 0.360 e. The van der Waals surface area contributed by atoms with E-state index in [0.29, 0.717) is 23.9 Å². The van der Waals surface area contributed by atoms with Gasteiger partial charge in [-0.2, -0.15) is 0 Å². The number of H-pyrrole nitrogens is 1. The van der Waals surface area contributed by atoms with Crippen molar-refractivity contribution < 1.29 is 9.59 Å². The number of likely N-dealkylation sites (N-methyl/N-ethyl adjacent to an activating group) is 1. The summed E-state index contributed by atoms with van der Waals surface area (Å²) >= 11 is 0. The molecule has 1 fully saturated rings. The van der Waals surface area contributed by atoms with Gasteiger partial charge in [0.15, 0.2) is 0 Å². The first kappa shape index (κ1) is 28.9. The van der Waals surface area contributed by atoms with Crippen LogP contribution in [0.25, 0.3) is 22.2 Å². The number of anilines is 2. The van der Waals surface area contributed by atoms with Gasteiger partial charge in [-0.15, -0.1) is 0 Å². The minimum Gasteiger partial charge on any atom is -0.360 e. The van der Waals surface area contributed by atoms with Gasteiger partial charge in [0.25, 0.3) is 5.91 Å². The maximum atomic E-state index is 12.9. The van der Waals surface area contributed by atoms with E-state index in [1.807, 2.05) is 43.5 Å². The molecular formula is C32H38N8O2. The third-order valence-corrected chi connectivity index (χ3v) is 7.44. The SMILES string of the molecule is CCc1cnc(N[C@@H]2CCC[C@H](NC(=O)c3ccc(NC(=O)/C=C/CN(C)C)cn3)C2)nc1-c1c[nH]c2ccccc12. The summed E-state index contributed by atoms with van der Waals surface area (Å²) in [6, 6.07) is 11.7. The van der Waals surface area contributed by atoms with Gasteiger partial charge in [-0.05, 0) is 70.0 Å². The van der Waals surface area contributed by atoms with Crippen LogP contribution in [0.2, 0.25) is 0 Å². The Balaban J connectivity index is 1.19. The van der Waals surface area contributed by atoms with E-state index in [4.69, 9.17) is 4.98 Å². The van der Waals surface area contributed by atoms with E-state index in [9.17, 15) is 9.59 Å². The first-order valence-corrected chi connectivity index (χ1v) is 14.5. The summed E-state index contributed by atoms with van der Waals surface area (Å²) in [5, 5.41) is 10.6. The molecule has 1 aliphatic rings. The molecule has 4 N–H and O–H groups in total. The Kier molecular flexibility index (Phi) is 9.23. The Morgan fingerprint density at radius 3 is 2.69 bits per heavy atom. The van der Waals surface area contributed by atoms with Crippen molar-refractivity contribution in [2.75, 3.05) is 31.3 Å². The lowest BCUT2D eigenvalue weighted by molar-refractivity contribution is -0.111. The van der Waals surface area contributed by atoms with Crippen molar-refractivity contribution in [3.8, 4) is 11.3 Å². The summed E-state index contributed by atoms with van der Waals surface area (Å²) < 4.78 is 0. The quantitative estimate of drug-likeness (QED) is 0.203. The summed E-state index contributed by atoms with van der Waals surface area (Å²) in [5.41, 5.74) is 5.03. The number of aryl methyl sites for hydroxylation is 1. The molecule has 10 heteroatoms. The van der Waals surface area contributed by atoms with E-state index >= 15 is 0 Å². The Morgan fingerprint density at radius 2 is 1.90 bits per heavy atom. The Bertz CT molecular complexity index is 1560. The van der Waals surface area contributed by atoms with E-state index < -0.39 is 0 Å². The molecule has 0 radical (unpaired) electrons. The summed E-state index contributed by atoms with van der Waals surface area (Å²) in [7, 11) is 3.86. The number of aromatic nitrogens is 4. The van der Waals surface area contributed by atoms with Crippen molar-refractivity contribution in [1.82, 2.24) is 30.2 Å². The minimum atomic E-state index is -0.238. The van der Waals surface area contributed by atoms with E-state index in [-0.39, 0.29) is 23.9 Å². The fraction of sp³-hybridized carbons (Fsp3) is 0.344. The van der Waals surface area contributed by atoms with E-state index in [0.717, 1.165) is 59.8 Å². The zero-order valence-corrected chi connectivity index (χ0v) is 24.4. The number of amides is 2. The number of benzene rings is 1. The molecular weight excluding hydrogens is 528 g/mol. The fourth-order valence-electron chi connectivity index (χ4n) is 5.29. The van der Waals surface area contributed by atoms with Crippen LogP contribution < -0.4 is 16.0 Å². The van der Waals surface area contributed by atoms with Crippen LogP contribution >= 0.6 is 0 Å². The minimum absolute atomic E-state index is 0.00904. The molecule has 1 aromatic carbocycles. The van der Waals surface area contributed by atoms with E-state index in [2.05, 4.69) is 50.0 Å². The lowest BCUT2D eigenvalue weighted by Crippen LogP contribution is -2.42. The molecule has 42 heavy (non-hydrogen) atoms. The number of para-hydroxylation sites is 1. The number of carbonyl (C=O) groups excluding carboxylic acids is 2. The van der Waals surface area contributed by atoms with E-state index in [1.165, 1.54) is 12.3 Å². The molecule has 2 amide bonds. The molecule has 3 heterocycles. The standard InChI is InChI=1S/C32H38N8O2/c1-4-21-18-35-32(39-30(21)26-20-34-27-12-6-5-11-25(26)27)38-23-10-7-9-22(17-23)37-31(42)28-15-14-24(19-33-28)36-29(41)13-8-16-40(2)3/h5-6,8,11-15,18-20,22-23,34H,4,7,9-10,16-17H2,1-3H3,(H,36,41)(H,37,42)(H,35,38,39)/b13-8+/t22-,23+/m0/s1. The summed E-state index contributed by atoms with van der Waals surface area (Å²) in [5.74, 6) is 0.133. The number of hydrogen-bond donors (Lipinski definition) is 4. The van der Waals surface area contributed by atoms with Crippen LogP contribution in [0.15, 0.2) is 67.1 Å². The molecule has 4 aromatic rings. The predicted molar refractivity (Wildman–Crippen MR) is 166 cm³/mol. The lowest BCUT2D eigenvalue weighted by atomic mass is 9.91. The van der Waals surface area contributed by atoms with Crippen molar-refractivity contribution in [3.63, 3.8) is 0 Å². The smallest absolute Gasteiger partial charge is 0.270 e. The second-order valence-electron chi connectivity index (χ2n) is 10.9. The van der Waals surface area contributed by atoms with Gasteiger partial charge in [0.05, 0.1) is 17.6 Å². The van der Waals surface area contributed by atoms with Crippen molar-refractivity contribution in [2.45, 2.75) is 51.1 Å². The maximum Gasteiger partial charge on any atom is 0.270 e. The number of aromatic amines is 1. The van der Waals surface area contributed by atoms with Crippen LogP contribution in [0.1, 0.15) is 48.7 Å². The molecule has 2 atom stereocenters. The number of pyridine rings is 1. The van der Waals surface area contributed by atoms with Crippen LogP contribution in [-0.2, 0) is 11.2 Å². The second-order valence-corrected chi connectivity index (χ2v) is 10.9. The molecule has 0 bridgehead atoms. The van der Waals surface area contributed by atoms with Gasteiger partial charge in [0.1, 0.15) is 5.69 Å². The molecule has 1 saturated carbocycles. The average molecular weight is 567 g/mol. The third kappa shape index (κ3) is 7.19. The zero-order valence-electron chi connectivity index (χ0n) is 24.4. The van der Waals surface area contributed by atoms with Gasteiger partial charge in [0.2, 0.25) is 11.9 Å². The highest BCUT2D eigenvalue weighted by Gasteiger charge is 2.25. The van der Waals surface area contributed by atoms with Gasteiger partial charge < -0.3 is 25.8 Å². The number of rotatable bonds is 10. The fourth-order valence-corrected chi connectivity index (χ4v) is 5.29. The van der Waals surface area contributed by atoms with Gasteiger partial charge in [-0.3, -0.25) is 9.59 Å². The summed E-state index contributed by atoms with van der Waals surface area (Å²) in [6.07, 6.45) is 13.1. The highest BCUT2D eigenvalue weighted by Crippen LogP contribution is 2.31. The molecule has 0 unspecified atom stereocenters. The van der Waals surface area contributed by atoms with Crippen molar-refractivity contribution in [1.29, 1.82) is 0 Å². The van der Waals surface area contributed by atoms with Crippen LogP contribution in [0.5, 0.6) is 0 Å². The number of nitrogens with zero attached hydrogens (tertiary/aromatic N) is 4. The summed E-state index contributed by atoms with van der Waals surface area (Å²) in [4.78, 5) is 44.1. The molecule has 0 spiro atoms. The Hall–Kier alpha value is -4.57. The molecule has 5 rings (SSSR count).